The van der Waals surface area contributed by atoms with E-state index in [0.29, 0.717) is 38.4 Å². The molecule has 1 aliphatic rings. The lowest BCUT2D eigenvalue weighted by Gasteiger charge is -2.35. The molecule has 0 aromatic carbocycles. The number of aromatic nitrogens is 2. The van der Waals surface area contributed by atoms with E-state index in [-0.39, 0.29) is 29.7 Å². The summed E-state index contributed by atoms with van der Waals surface area (Å²) in [4.78, 5) is 12.1. The summed E-state index contributed by atoms with van der Waals surface area (Å²) in [6.07, 6.45) is 1.38. The van der Waals surface area contributed by atoms with Crippen molar-refractivity contribution in [2.45, 2.75) is 26.1 Å². The summed E-state index contributed by atoms with van der Waals surface area (Å²) in [6.45, 7) is 6.65. The lowest BCUT2D eigenvalue weighted by molar-refractivity contribution is 0.259. The van der Waals surface area contributed by atoms with Gasteiger partial charge < -0.3 is 14.7 Å². The maximum absolute atomic E-state index is 12.5. The molecule has 0 saturated carbocycles. The van der Waals surface area contributed by atoms with Crippen molar-refractivity contribution >= 4 is 51.3 Å². The summed E-state index contributed by atoms with van der Waals surface area (Å²) >= 11 is 1.67. The molecule has 0 aliphatic carbocycles. The predicted molar refractivity (Wildman–Crippen MR) is 119 cm³/mol. The van der Waals surface area contributed by atoms with Gasteiger partial charge in [0, 0.05) is 44.2 Å². The number of guanidine groups is 1. The smallest absolute Gasteiger partial charge is 0.220 e. The average molecular weight is 540 g/mol. The van der Waals surface area contributed by atoms with Crippen LogP contribution >= 0.6 is 35.3 Å². The van der Waals surface area contributed by atoms with Gasteiger partial charge in [0.2, 0.25) is 10.0 Å². The van der Waals surface area contributed by atoms with E-state index in [1.807, 2.05) is 6.92 Å². The second-order valence-electron chi connectivity index (χ2n) is 6.28. The van der Waals surface area contributed by atoms with Crippen LogP contribution in [0.5, 0.6) is 0 Å². The molecule has 12 heteroatoms. The second kappa shape index (κ2) is 9.98. The lowest BCUT2D eigenvalue weighted by Crippen LogP contribution is -2.53. The van der Waals surface area contributed by atoms with E-state index in [4.69, 9.17) is 4.52 Å². The average Bonchev–Trinajstić information content (AvgIpc) is 3.25. The topological polar surface area (TPSA) is 104 Å². The van der Waals surface area contributed by atoms with Gasteiger partial charge in [-0.1, -0.05) is 5.16 Å². The summed E-state index contributed by atoms with van der Waals surface area (Å²) in [7, 11) is -1.67. The van der Waals surface area contributed by atoms with Crippen LogP contribution in [0.4, 0.5) is 0 Å². The van der Waals surface area contributed by atoms with Gasteiger partial charge in [0.15, 0.2) is 5.96 Å². The van der Waals surface area contributed by atoms with Gasteiger partial charge in [0.1, 0.15) is 17.0 Å². The van der Waals surface area contributed by atoms with Crippen molar-refractivity contribution in [1.29, 1.82) is 0 Å². The Kier molecular flexibility index (Phi) is 8.21. The number of hydrogen-bond donors (Lipinski definition) is 1. The Bertz CT molecular complexity index is 870. The van der Waals surface area contributed by atoms with Gasteiger partial charge in [0.05, 0.1) is 17.9 Å². The molecule has 1 fully saturated rings. The first-order valence-electron chi connectivity index (χ1n) is 8.64. The molecule has 2 aromatic rings. The number of sulfonamides is 1. The van der Waals surface area contributed by atoms with Crippen molar-refractivity contribution in [3.05, 3.63) is 33.6 Å². The Morgan fingerprint density at radius 1 is 1.32 bits per heavy atom. The molecule has 1 aliphatic heterocycles. The Morgan fingerprint density at radius 3 is 2.57 bits per heavy atom. The van der Waals surface area contributed by atoms with E-state index in [0.717, 1.165) is 16.7 Å². The van der Waals surface area contributed by atoms with Gasteiger partial charge in [-0.05, 0) is 13.8 Å². The summed E-state index contributed by atoms with van der Waals surface area (Å²) in [5.74, 6) is 0.619. The van der Waals surface area contributed by atoms with Crippen LogP contribution in [-0.4, -0.2) is 66.9 Å². The minimum absolute atomic E-state index is 0. The summed E-state index contributed by atoms with van der Waals surface area (Å²) in [5.41, 5.74) is 1.47. The molecule has 0 bridgehead atoms. The van der Waals surface area contributed by atoms with Gasteiger partial charge in [-0.2, -0.15) is 4.31 Å². The Morgan fingerprint density at radius 2 is 2.04 bits per heavy atom. The van der Waals surface area contributed by atoms with Crippen molar-refractivity contribution in [1.82, 2.24) is 24.7 Å². The molecular weight excluding hydrogens is 515 g/mol. The van der Waals surface area contributed by atoms with Crippen molar-refractivity contribution in [3.8, 4) is 0 Å². The van der Waals surface area contributed by atoms with E-state index >= 15 is 0 Å². The molecule has 0 unspecified atom stereocenters. The van der Waals surface area contributed by atoms with Crippen LogP contribution in [0, 0.1) is 13.8 Å². The van der Waals surface area contributed by atoms with Crippen LogP contribution < -0.4 is 5.32 Å². The van der Waals surface area contributed by atoms with Gasteiger partial charge in [-0.3, -0.25) is 4.99 Å². The number of piperazine rings is 1. The van der Waals surface area contributed by atoms with Crippen molar-refractivity contribution in [3.63, 3.8) is 0 Å². The zero-order valence-electron chi connectivity index (χ0n) is 16.1. The number of aliphatic imine (C=N–C) groups is 1. The summed E-state index contributed by atoms with van der Waals surface area (Å²) < 4.78 is 31.2. The molecule has 3 rings (SSSR count). The largest absolute Gasteiger partial charge is 0.364 e. The van der Waals surface area contributed by atoms with E-state index in [9.17, 15) is 8.42 Å². The van der Waals surface area contributed by atoms with E-state index in [2.05, 4.69) is 32.3 Å². The fraction of sp³-hybridized carbons (Fsp3) is 0.562. The third kappa shape index (κ3) is 5.64. The minimum Gasteiger partial charge on any atom is -0.364 e. The number of aryl methyl sites for hydroxylation is 2. The zero-order chi connectivity index (χ0) is 19.4. The lowest BCUT2D eigenvalue weighted by atomic mass is 10.4. The minimum atomic E-state index is -3.40. The number of nitrogens with zero attached hydrogens (tertiary/aromatic N) is 5. The first-order chi connectivity index (χ1) is 12.9. The van der Waals surface area contributed by atoms with Gasteiger partial charge >= 0.3 is 0 Å². The monoisotopic (exact) mass is 540 g/mol. The normalized spacial score (nSPS) is 16.1. The third-order valence-electron chi connectivity index (χ3n) is 4.44. The highest BCUT2D eigenvalue weighted by Crippen LogP contribution is 2.16. The molecule has 0 atom stereocenters. The molecule has 0 radical (unpaired) electrons. The fourth-order valence-electron chi connectivity index (χ4n) is 2.87. The van der Waals surface area contributed by atoms with Gasteiger partial charge in [0.25, 0.3) is 0 Å². The first-order valence-corrected chi connectivity index (χ1v) is 11.1. The van der Waals surface area contributed by atoms with Gasteiger partial charge in [-0.25, -0.2) is 13.4 Å². The van der Waals surface area contributed by atoms with E-state index in [1.165, 1.54) is 15.4 Å². The molecule has 28 heavy (non-hydrogen) atoms. The molecule has 0 amide bonds. The quantitative estimate of drug-likeness (QED) is 0.349. The number of halogens is 1. The van der Waals surface area contributed by atoms with Crippen LogP contribution in [-0.2, 0) is 22.3 Å². The van der Waals surface area contributed by atoms with Crippen LogP contribution in [0.2, 0.25) is 0 Å². The predicted octanol–water partition coefficient (Wildman–Crippen LogP) is 1.59. The number of thiazole rings is 1. The Hall–Kier alpha value is -1.25. The highest BCUT2D eigenvalue weighted by Gasteiger charge is 2.29. The van der Waals surface area contributed by atoms with E-state index < -0.39 is 10.0 Å². The molecule has 1 N–H and O–H groups in total. The molecule has 0 spiro atoms. The van der Waals surface area contributed by atoms with Crippen molar-refractivity contribution in [2.75, 3.05) is 33.2 Å². The van der Waals surface area contributed by atoms with Crippen LogP contribution in [0.25, 0.3) is 0 Å². The van der Waals surface area contributed by atoms with E-state index in [1.54, 1.807) is 24.5 Å². The summed E-state index contributed by atoms with van der Waals surface area (Å²) in [6, 6.07) is 1.57. The molecule has 1 saturated heterocycles. The number of rotatable bonds is 5. The molecular formula is C16H25IN6O3S2. The van der Waals surface area contributed by atoms with Crippen molar-refractivity contribution in [2.24, 2.45) is 4.99 Å². The van der Waals surface area contributed by atoms with Gasteiger partial charge in [-0.15, -0.1) is 35.3 Å². The fourth-order valence-corrected chi connectivity index (χ4v) is 5.17. The maximum Gasteiger partial charge on any atom is 0.220 e. The first kappa shape index (κ1) is 23.0. The van der Waals surface area contributed by atoms with Crippen molar-refractivity contribution < 1.29 is 12.9 Å². The summed E-state index contributed by atoms with van der Waals surface area (Å²) in [5, 5.41) is 8.02. The second-order valence-corrected chi connectivity index (χ2v) is 9.54. The molecule has 3 heterocycles. The molecule has 9 nitrogen and oxygen atoms in total. The molecule has 156 valence electrons. The molecule has 2 aromatic heterocycles. The Labute approximate surface area is 186 Å². The zero-order valence-corrected chi connectivity index (χ0v) is 20.0. The Balaban J connectivity index is 0.00000280. The maximum atomic E-state index is 12.5. The van der Waals surface area contributed by atoms with Crippen LogP contribution in [0.3, 0.4) is 0 Å². The SMILES string of the molecule is CN=C(NCc1nc(C)c(C)s1)N1CCN(S(=O)(=O)Cc2ccon2)CC1.I. The number of hydrogen-bond acceptors (Lipinski definition) is 7. The standard InChI is InChI=1S/C16H24N6O3S2.HI/c1-12-13(2)26-15(19-12)10-18-16(17-3)21-5-7-22(8-6-21)27(23,24)11-14-4-9-25-20-14;/h4,9H,5-8,10-11H2,1-3H3,(H,17,18);1H. The van der Waals surface area contributed by atoms with Crippen LogP contribution in [0.1, 0.15) is 21.3 Å². The third-order valence-corrected chi connectivity index (χ3v) is 7.32. The van der Waals surface area contributed by atoms with Crippen LogP contribution in [0.15, 0.2) is 21.8 Å². The highest BCUT2D eigenvalue weighted by atomic mass is 127. The number of nitrogens with one attached hydrogen (secondary N) is 1. The highest BCUT2D eigenvalue weighted by molar-refractivity contribution is 14.0.